The van der Waals surface area contributed by atoms with Gasteiger partial charge in [0.25, 0.3) is 0 Å². The molecule has 6 nitrogen and oxygen atoms in total. The Labute approximate surface area is 185 Å². The highest BCUT2D eigenvalue weighted by molar-refractivity contribution is 14.0. The van der Waals surface area contributed by atoms with Gasteiger partial charge in [-0.15, -0.1) is 24.0 Å². The fraction of sp³-hybridized carbons (Fsp3) is 0.476. The molecule has 2 aromatic rings. The molecule has 0 amide bonds. The van der Waals surface area contributed by atoms with Crippen molar-refractivity contribution < 1.29 is 9.15 Å². The number of hydrogen-bond acceptors (Lipinski definition) is 4. The van der Waals surface area contributed by atoms with Crippen LogP contribution in [0.3, 0.4) is 0 Å². The number of rotatable bonds is 10. The third kappa shape index (κ3) is 7.01. The van der Waals surface area contributed by atoms with Crippen molar-refractivity contribution in [3.8, 4) is 5.75 Å². The lowest BCUT2D eigenvalue weighted by Crippen LogP contribution is -2.43. The Hall–Kier alpha value is -1.74. The summed E-state index contributed by atoms with van der Waals surface area (Å²) in [7, 11) is 1.68. The summed E-state index contributed by atoms with van der Waals surface area (Å²) in [5.74, 6) is 2.60. The molecule has 0 spiro atoms. The van der Waals surface area contributed by atoms with Crippen LogP contribution < -0.4 is 15.4 Å². The van der Waals surface area contributed by atoms with Gasteiger partial charge >= 0.3 is 0 Å². The van der Waals surface area contributed by atoms with Gasteiger partial charge in [0.2, 0.25) is 0 Å². The van der Waals surface area contributed by atoms with E-state index in [2.05, 4.69) is 36.3 Å². The molecule has 1 aromatic heterocycles. The van der Waals surface area contributed by atoms with E-state index in [1.165, 1.54) is 0 Å². The van der Waals surface area contributed by atoms with Crippen LogP contribution in [-0.2, 0) is 6.54 Å². The van der Waals surface area contributed by atoms with E-state index in [1.54, 1.807) is 13.4 Å². The van der Waals surface area contributed by atoms with E-state index in [0.717, 1.165) is 42.7 Å². The van der Waals surface area contributed by atoms with Crippen molar-refractivity contribution in [3.63, 3.8) is 0 Å². The average Bonchev–Trinajstić information content (AvgIpc) is 3.23. The highest BCUT2D eigenvalue weighted by Crippen LogP contribution is 2.20. The predicted octanol–water partition coefficient (Wildman–Crippen LogP) is 4.04. The Morgan fingerprint density at radius 2 is 1.86 bits per heavy atom. The second kappa shape index (κ2) is 13.4. The van der Waals surface area contributed by atoms with Gasteiger partial charge in [0, 0.05) is 18.7 Å². The Morgan fingerprint density at radius 1 is 1.11 bits per heavy atom. The minimum absolute atomic E-state index is 0. The first-order valence-corrected chi connectivity index (χ1v) is 9.64. The van der Waals surface area contributed by atoms with Gasteiger partial charge in [-0.05, 0) is 38.2 Å². The molecule has 156 valence electrons. The molecule has 1 heterocycles. The Morgan fingerprint density at radius 3 is 2.46 bits per heavy atom. The van der Waals surface area contributed by atoms with Crippen LogP contribution in [0.5, 0.6) is 5.75 Å². The monoisotopic (exact) mass is 500 g/mol. The van der Waals surface area contributed by atoms with E-state index in [4.69, 9.17) is 14.1 Å². The number of nitrogens with zero attached hydrogens (tertiary/aromatic N) is 2. The highest BCUT2D eigenvalue weighted by Gasteiger charge is 2.20. The largest absolute Gasteiger partial charge is 0.496 e. The summed E-state index contributed by atoms with van der Waals surface area (Å²) in [6.07, 6.45) is 1.73. The zero-order chi connectivity index (χ0) is 19.5. The summed E-state index contributed by atoms with van der Waals surface area (Å²) in [5, 5.41) is 6.78. The van der Waals surface area contributed by atoms with E-state index in [9.17, 15) is 0 Å². The molecule has 1 unspecified atom stereocenters. The van der Waals surface area contributed by atoms with E-state index < -0.39 is 0 Å². The lowest BCUT2D eigenvalue weighted by atomic mass is 10.2. The molecule has 28 heavy (non-hydrogen) atoms. The van der Waals surface area contributed by atoms with Crippen LogP contribution in [0, 0.1) is 0 Å². The number of halogens is 1. The number of likely N-dealkylation sites (N-methyl/N-ethyl adjacent to an activating group) is 1. The predicted molar refractivity (Wildman–Crippen MR) is 126 cm³/mol. The fourth-order valence-corrected chi connectivity index (χ4v) is 3.09. The smallest absolute Gasteiger partial charge is 0.191 e. The van der Waals surface area contributed by atoms with Crippen LogP contribution in [0.15, 0.2) is 52.1 Å². The fourth-order valence-electron chi connectivity index (χ4n) is 3.09. The Balaban J connectivity index is 0.00000392. The minimum Gasteiger partial charge on any atom is -0.496 e. The van der Waals surface area contributed by atoms with E-state index in [0.29, 0.717) is 13.1 Å². The number of para-hydroxylation sites is 1. The van der Waals surface area contributed by atoms with Crippen molar-refractivity contribution >= 4 is 29.9 Å². The van der Waals surface area contributed by atoms with Crippen LogP contribution in [0.4, 0.5) is 0 Å². The lowest BCUT2D eigenvalue weighted by Gasteiger charge is -2.28. The quantitative estimate of drug-likeness (QED) is 0.293. The molecule has 0 aliphatic carbocycles. The summed E-state index contributed by atoms with van der Waals surface area (Å²) in [6, 6.07) is 12.1. The van der Waals surface area contributed by atoms with Crippen LogP contribution in [0.2, 0.25) is 0 Å². The van der Waals surface area contributed by atoms with E-state index in [1.807, 2.05) is 36.4 Å². The molecule has 0 saturated heterocycles. The molecular formula is C21H33IN4O2. The SMILES string of the molecule is CCNC(=NCc1ccccc1OC)NCC(c1ccco1)N(CC)CC.I. The zero-order valence-corrected chi connectivity index (χ0v) is 19.6. The number of hydrogen-bond donors (Lipinski definition) is 2. The topological polar surface area (TPSA) is 62.0 Å². The standard InChI is InChI=1S/C21H32N4O2.HI/c1-5-22-21(23-15-17-11-8-9-12-19(17)26-4)24-16-18(25(6-2)7-3)20-13-10-14-27-20;/h8-14,18H,5-7,15-16H2,1-4H3,(H2,22,23,24);1H. The molecule has 0 bridgehead atoms. The van der Waals surface area contributed by atoms with Crippen molar-refractivity contribution in [2.45, 2.75) is 33.4 Å². The maximum Gasteiger partial charge on any atom is 0.191 e. The molecule has 1 aromatic carbocycles. The summed E-state index contributed by atoms with van der Waals surface area (Å²) in [5.41, 5.74) is 1.06. The normalized spacial score (nSPS) is 12.4. The maximum atomic E-state index is 5.67. The second-order valence-corrected chi connectivity index (χ2v) is 6.14. The number of ether oxygens (including phenoxy) is 1. The summed E-state index contributed by atoms with van der Waals surface area (Å²) in [6.45, 7) is 10.4. The number of guanidine groups is 1. The minimum atomic E-state index is 0. The highest BCUT2D eigenvalue weighted by atomic mass is 127. The molecule has 0 aliphatic rings. The molecule has 2 N–H and O–H groups in total. The third-order valence-electron chi connectivity index (χ3n) is 4.53. The van der Waals surface area contributed by atoms with Crippen molar-refractivity contribution in [2.75, 3.05) is 33.3 Å². The average molecular weight is 500 g/mol. The van der Waals surface area contributed by atoms with Crippen molar-refractivity contribution in [2.24, 2.45) is 4.99 Å². The summed E-state index contributed by atoms with van der Waals surface area (Å²) in [4.78, 5) is 7.09. The van der Waals surface area contributed by atoms with Crippen LogP contribution >= 0.6 is 24.0 Å². The Kier molecular flexibility index (Phi) is 11.7. The Bertz CT molecular complexity index is 687. The molecular weight excluding hydrogens is 467 g/mol. The number of benzene rings is 1. The van der Waals surface area contributed by atoms with E-state index in [-0.39, 0.29) is 30.0 Å². The van der Waals surface area contributed by atoms with Crippen molar-refractivity contribution in [3.05, 3.63) is 54.0 Å². The van der Waals surface area contributed by atoms with Gasteiger partial charge in [0.05, 0.1) is 26.0 Å². The van der Waals surface area contributed by atoms with Gasteiger partial charge in [-0.25, -0.2) is 4.99 Å². The number of furan rings is 1. The lowest BCUT2D eigenvalue weighted by molar-refractivity contribution is 0.193. The van der Waals surface area contributed by atoms with Crippen molar-refractivity contribution in [1.82, 2.24) is 15.5 Å². The molecule has 0 aliphatic heterocycles. The van der Waals surface area contributed by atoms with Gasteiger partial charge in [0.15, 0.2) is 5.96 Å². The van der Waals surface area contributed by atoms with Gasteiger partial charge in [-0.3, -0.25) is 4.90 Å². The molecule has 0 radical (unpaired) electrons. The summed E-state index contributed by atoms with van der Waals surface area (Å²) >= 11 is 0. The van der Waals surface area contributed by atoms with Gasteiger partial charge in [0.1, 0.15) is 11.5 Å². The number of methoxy groups -OCH3 is 1. The summed E-state index contributed by atoms with van der Waals surface area (Å²) < 4.78 is 11.1. The van der Waals surface area contributed by atoms with E-state index >= 15 is 0 Å². The zero-order valence-electron chi connectivity index (χ0n) is 17.3. The first kappa shape index (κ1) is 24.3. The second-order valence-electron chi connectivity index (χ2n) is 6.14. The van der Waals surface area contributed by atoms with Gasteiger partial charge in [-0.1, -0.05) is 32.0 Å². The van der Waals surface area contributed by atoms with Gasteiger partial charge in [-0.2, -0.15) is 0 Å². The number of nitrogens with one attached hydrogen (secondary N) is 2. The number of aliphatic imine (C=N–C) groups is 1. The first-order valence-electron chi connectivity index (χ1n) is 9.64. The third-order valence-corrected chi connectivity index (χ3v) is 4.53. The van der Waals surface area contributed by atoms with Crippen LogP contribution in [-0.4, -0.2) is 44.1 Å². The molecule has 2 rings (SSSR count). The molecule has 1 atom stereocenters. The van der Waals surface area contributed by atoms with Crippen LogP contribution in [0.1, 0.15) is 38.1 Å². The molecule has 0 fully saturated rings. The molecule has 7 heteroatoms. The van der Waals surface area contributed by atoms with Gasteiger partial charge < -0.3 is 19.8 Å². The van der Waals surface area contributed by atoms with Crippen molar-refractivity contribution in [1.29, 1.82) is 0 Å². The van der Waals surface area contributed by atoms with Crippen LogP contribution in [0.25, 0.3) is 0 Å². The maximum absolute atomic E-state index is 5.67. The molecule has 0 saturated carbocycles. The first-order chi connectivity index (χ1) is 13.2.